The van der Waals surface area contributed by atoms with Crippen LogP contribution in [0, 0.1) is 0 Å². The van der Waals surface area contributed by atoms with Crippen molar-refractivity contribution in [3.05, 3.63) is 24.2 Å². The Morgan fingerprint density at radius 3 is 2.80 bits per heavy atom. The van der Waals surface area contributed by atoms with Gasteiger partial charge in [0, 0.05) is 12.5 Å². The van der Waals surface area contributed by atoms with Gasteiger partial charge in [-0.2, -0.15) is 0 Å². The fourth-order valence-electron chi connectivity index (χ4n) is 1.14. The van der Waals surface area contributed by atoms with Crippen LogP contribution in [0.1, 0.15) is 12.7 Å². The topological polar surface area (TPSA) is 97.4 Å². The number of rotatable bonds is 3. The second-order valence-electron chi connectivity index (χ2n) is 3.13. The number of hydrazine groups is 1. The quantitative estimate of drug-likeness (QED) is 0.267. The average Bonchev–Trinajstić information content (AvgIpc) is 2.68. The Morgan fingerprint density at radius 2 is 2.27 bits per heavy atom. The van der Waals surface area contributed by atoms with Crippen molar-refractivity contribution in [3.8, 4) is 0 Å². The van der Waals surface area contributed by atoms with Crippen molar-refractivity contribution in [2.45, 2.75) is 19.4 Å². The first-order chi connectivity index (χ1) is 7.13. The number of hydrogen-bond donors (Lipinski definition) is 3. The Balaban J connectivity index is 2.39. The number of hydrogen-bond acceptors (Lipinski definition) is 4. The minimum absolute atomic E-state index is 0.194. The van der Waals surface area contributed by atoms with Crippen LogP contribution in [0.15, 0.2) is 22.8 Å². The Labute approximate surface area is 86.8 Å². The summed E-state index contributed by atoms with van der Waals surface area (Å²) >= 11 is 0. The zero-order valence-electron chi connectivity index (χ0n) is 8.32. The van der Waals surface area contributed by atoms with Crippen molar-refractivity contribution in [3.63, 3.8) is 0 Å². The third kappa shape index (κ3) is 3.43. The van der Waals surface area contributed by atoms with Gasteiger partial charge in [-0.3, -0.25) is 15.0 Å². The highest BCUT2D eigenvalue weighted by Crippen LogP contribution is 2.03. The molecule has 6 nitrogen and oxygen atoms in total. The summed E-state index contributed by atoms with van der Waals surface area (Å²) in [4.78, 5) is 21.9. The molecule has 1 aromatic heterocycles. The van der Waals surface area contributed by atoms with Crippen molar-refractivity contribution in [2.75, 3.05) is 0 Å². The van der Waals surface area contributed by atoms with E-state index in [0.717, 1.165) is 5.76 Å². The molecule has 2 amide bonds. The maximum absolute atomic E-state index is 11.1. The van der Waals surface area contributed by atoms with Crippen LogP contribution in [0.2, 0.25) is 0 Å². The van der Waals surface area contributed by atoms with Gasteiger partial charge in [0.2, 0.25) is 0 Å². The second kappa shape index (κ2) is 5.16. The fourth-order valence-corrected chi connectivity index (χ4v) is 1.14. The van der Waals surface area contributed by atoms with E-state index in [1.54, 1.807) is 30.7 Å². The van der Waals surface area contributed by atoms with Gasteiger partial charge in [-0.1, -0.05) is 0 Å². The monoisotopic (exact) mass is 211 g/mol. The van der Waals surface area contributed by atoms with E-state index in [1.165, 1.54) is 0 Å². The van der Waals surface area contributed by atoms with Gasteiger partial charge in [-0.05, 0) is 19.1 Å². The summed E-state index contributed by atoms with van der Waals surface area (Å²) < 4.78 is 5.10. The third-order valence-corrected chi connectivity index (χ3v) is 1.80. The van der Waals surface area contributed by atoms with Crippen molar-refractivity contribution < 1.29 is 14.0 Å². The molecule has 6 heteroatoms. The van der Waals surface area contributed by atoms with Gasteiger partial charge in [0.1, 0.15) is 5.76 Å². The highest BCUT2D eigenvalue weighted by molar-refractivity contribution is 6.34. The van der Waals surface area contributed by atoms with Crippen molar-refractivity contribution in [2.24, 2.45) is 5.84 Å². The summed E-state index contributed by atoms with van der Waals surface area (Å²) in [5.74, 6) is 3.94. The summed E-state index contributed by atoms with van der Waals surface area (Å²) in [6.45, 7) is 1.77. The lowest BCUT2D eigenvalue weighted by atomic mass is 10.2. The summed E-state index contributed by atoms with van der Waals surface area (Å²) in [5.41, 5.74) is 1.75. The lowest BCUT2D eigenvalue weighted by Gasteiger charge is -2.11. The number of nitrogens with two attached hydrogens (primary N) is 1. The molecule has 0 radical (unpaired) electrons. The summed E-state index contributed by atoms with van der Waals surface area (Å²) in [7, 11) is 0. The SMILES string of the molecule is CC(Cc1ccco1)NC(=O)C(=O)NN. The van der Waals surface area contributed by atoms with E-state index in [0.29, 0.717) is 6.42 Å². The van der Waals surface area contributed by atoms with Crippen LogP contribution >= 0.6 is 0 Å². The zero-order chi connectivity index (χ0) is 11.3. The minimum Gasteiger partial charge on any atom is -0.469 e. The van der Waals surface area contributed by atoms with Crippen molar-refractivity contribution in [1.29, 1.82) is 0 Å². The van der Waals surface area contributed by atoms with E-state index in [4.69, 9.17) is 10.3 Å². The van der Waals surface area contributed by atoms with Crippen molar-refractivity contribution in [1.82, 2.24) is 10.7 Å². The number of nitrogens with one attached hydrogen (secondary N) is 2. The van der Waals surface area contributed by atoms with Gasteiger partial charge < -0.3 is 9.73 Å². The highest BCUT2D eigenvalue weighted by Gasteiger charge is 2.15. The molecule has 82 valence electrons. The lowest BCUT2D eigenvalue weighted by molar-refractivity contribution is -0.139. The smallest absolute Gasteiger partial charge is 0.323 e. The largest absolute Gasteiger partial charge is 0.469 e. The molecule has 1 aromatic rings. The van der Waals surface area contributed by atoms with Crippen LogP contribution in [-0.2, 0) is 16.0 Å². The molecular weight excluding hydrogens is 198 g/mol. The predicted octanol–water partition coefficient (Wildman–Crippen LogP) is -0.683. The first-order valence-electron chi connectivity index (χ1n) is 4.47. The summed E-state index contributed by atoms with van der Waals surface area (Å²) in [6.07, 6.45) is 2.08. The van der Waals surface area contributed by atoms with Crippen LogP contribution in [0.25, 0.3) is 0 Å². The molecule has 0 bridgehead atoms. The molecule has 0 saturated carbocycles. The van der Waals surface area contributed by atoms with E-state index in [9.17, 15) is 9.59 Å². The molecule has 15 heavy (non-hydrogen) atoms. The lowest BCUT2D eigenvalue weighted by Crippen LogP contribution is -2.46. The molecule has 4 N–H and O–H groups in total. The number of amides is 2. The van der Waals surface area contributed by atoms with Crippen LogP contribution in [0.4, 0.5) is 0 Å². The van der Waals surface area contributed by atoms with E-state index in [-0.39, 0.29) is 6.04 Å². The average molecular weight is 211 g/mol. The molecule has 0 spiro atoms. The molecule has 0 saturated heterocycles. The zero-order valence-corrected chi connectivity index (χ0v) is 8.32. The van der Waals surface area contributed by atoms with E-state index >= 15 is 0 Å². The van der Waals surface area contributed by atoms with Gasteiger partial charge >= 0.3 is 11.8 Å². The fraction of sp³-hybridized carbons (Fsp3) is 0.333. The Hall–Kier alpha value is -1.82. The van der Waals surface area contributed by atoms with Gasteiger partial charge in [-0.15, -0.1) is 0 Å². The molecular formula is C9H13N3O3. The molecule has 0 fully saturated rings. The third-order valence-electron chi connectivity index (χ3n) is 1.80. The van der Waals surface area contributed by atoms with E-state index in [1.807, 2.05) is 0 Å². The van der Waals surface area contributed by atoms with Crippen LogP contribution < -0.4 is 16.6 Å². The maximum Gasteiger partial charge on any atom is 0.323 e. The first-order valence-corrected chi connectivity index (χ1v) is 4.47. The van der Waals surface area contributed by atoms with Gasteiger partial charge in [-0.25, -0.2) is 5.84 Å². The van der Waals surface area contributed by atoms with Gasteiger partial charge in [0.05, 0.1) is 6.26 Å². The highest BCUT2D eigenvalue weighted by atomic mass is 16.3. The van der Waals surface area contributed by atoms with Crippen LogP contribution in [-0.4, -0.2) is 17.9 Å². The summed E-state index contributed by atoms with van der Waals surface area (Å²) in [6, 6.07) is 3.36. The molecule has 0 aliphatic rings. The number of furan rings is 1. The number of carbonyl (C=O) groups is 2. The van der Waals surface area contributed by atoms with Crippen molar-refractivity contribution >= 4 is 11.8 Å². The molecule has 0 aliphatic heterocycles. The number of carbonyl (C=O) groups excluding carboxylic acids is 2. The van der Waals surface area contributed by atoms with E-state index < -0.39 is 11.8 Å². The maximum atomic E-state index is 11.1. The molecule has 1 atom stereocenters. The molecule has 0 aliphatic carbocycles. The summed E-state index contributed by atoms with van der Waals surface area (Å²) in [5, 5.41) is 2.48. The molecule has 1 rings (SSSR count). The van der Waals surface area contributed by atoms with Gasteiger partial charge in [0.15, 0.2) is 0 Å². The molecule has 1 unspecified atom stereocenters. The van der Waals surface area contributed by atoms with E-state index in [2.05, 4.69) is 5.32 Å². The molecule has 0 aromatic carbocycles. The van der Waals surface area contributed by atoms with Crippen LogP contribution in [0.3, 0.4) is 0 Å². The second-order valence-corrected chi connectivity index (χ2v) is 3.13. The Kier molecular flexibility index (Phi) is 3.87. The van der Waals surface area contributed by atoms with Crippen LogP contribution in [0.5, 0.6) is 0 Å². The molecule has 1 heterocycles. The Bertz CT molecular complexity index is 334. The predicted molar refractivity (Wildman–Crippen MR) is 52.3 cm³/mol. The minimum atomic E-state index is -0.860. The first kappa shape index (κ1) is 11.3. The normalized spacial score (nSPS) is 11.9. The Morgan fingerprint density at radius 1 is 1.53 bits per heavy atom. The van der Waals surface area contributed by atoms with Gasteiger partial charge in [0.25, 0.3) is 0 Å². The standard InChI is InChI=1S/C9H13N3O3/c1-6(5-7-3-2-4-15-7)11-8(13)9(14)12-10/h2-4,6H,5,10H2,1H3,(H,11,13)(H,12,14).